The van der Waals surface area contributed by atoms with Gasteiger partial charge in [0.15, 0.2) is 0 Å². The summed E-state index contributed by atoms with van der Waals surface area (Å²) in [5.74, 6) is 0.949. The second-order valence-electron chi connectivity index (χ2n) is 3.33. The lowest BCUT2D eigenvalue weighted by Crippen LogP contribution is -1.98. The van der Waals surface area contributed by atoms with Crippen molar-refractivity contribution in [2.45, 2.75) is 74.7 Å². The molecule has 0 aliphatic carbocycles. The van der Waals surface area contributed by atoms with Gasteiger partial charge in [-0.05, 0) is 18.5 Å². The fourth-order valence-electron chi connectivity index (χ4n) is 0.697. The van der Waals surface area contributed by atoms with Crippen molar-refractivity contribution in [2.75, 3.05) is 7.05 Å². The van der Waals surface area contributed by atoms with Crippen molar-refractivity contribution in [3.8, 4) is 0 Å². The zero-order chi connectivity index (χ0) is 14.0. The number of hydrogen-bond acceptors (Lipinski definition) is 1. The van der Waals surface area contributed by atoms with Crippen LogP contribution in [0.25, 0.3) is 0 Å². The Hall–Kier alpha value is -0.460. The average molecular weight is 231 g/mol. The molecule has 0 heterocycles. The third-order valence-electron chi connectivity index (χ3n) is 1.91. The van der Waals surface area contributed by atoms with E-state index in [2.05, 4.69) is 32.7 Å². The molecule has 0 saturated heterocycles. The molecule has 0 aromatic carbocycles. The van der Waals surface area contributed by atoms with Crippen LogP contribution in [0.4, 0.5) is 0 Å². The fraction of sp³-hybridized carbons (Fsp3) is 0.867. The summed E-state index contributed by atoms with van der Waals surface area (Å²) >= 11 is 0. The van der Waals surface area contributed by atoms with Gasteiger partial charge in [0.2, 0.25) is 0 Å². The van der Waals surface area contributed by atoms with E-state index < -0.39 is 0 Å². The van der Waals surface area contributed by atoms with Crippen LogP contribution in [-0.2, 0) is 0 Å². The second kappa shape index (κ2) is 29.3. The largest absolute Gasteiger partial charge is 0.392 e. The zero-order valence-corrected chi connectivity index (χ0v) is 13.4. The van der Waals surface area contributed by atoms with E-state index in [0.717, 1.165) is 11.6 Å². The van der Waals surface area contributed by atoms with Gasteiger partial charge in [-0.2, -0.15) is 0 Å². The van der Waals surface area contributed by atoms with Crippen molar-refractivity contribution in [3.63, 3.8) is 0 Å². The van der Waals surface area contributed by atoms with Gasteiger partial charge in [-0.3, -0.25) is 0 Å². The molecule has 1 heteroatoms. The molecule has 1 N–H and O–H groups in total. The van der Waals surface area contributed by atoms with Crippen molar-refractivity contribution in [1.29, 1.82) is 0 Å². The van der Waals surface area contributed by atoms with Crippen molar-refractivity contribution in [3.05, 3.63) is 12.3 Å². The zero-order valence-electron chi connectivity index (χ0n) is 13.4. The Kier molecular flexibility index (Phi) is 45.2. The quantitative estimate of drug-likeness (QED) is 0.661. The van der Waals surface area contributed by atoms with Gasteiger partial charge in [0, 0.05) is 7.05 Å². The Labute approximate surface area is 106 Å². The fourth-order valence-corrected chi connectivity index (χ4v) is 0.697. The molecule has 0 spiro atoms. The summed E-state index contributed by atoms with van der Waals surface area (Å²) < 4.78 is 0. The van der Waals surface area contributed by atoms with Crippen LogP contribution in [0.3, 0.4) is 0 Å². The topological polar surface area (TPSA) is 12.0 Å². The molecule has 0 rings (SSSR count). The van der Waals surface area contributed by atoms with Gasteiger partial charge in [-0.1, -0.05) is 74.3 Å². The van der Waals surface area contributed by atoms with Crippen LogP contribution in [0.15, 0.2) is 12.3 Å². The Bertz CT molecular complexity index is 97.6. The van der Waals surface area contributed by atoms with Gasteiger partial charge in [0.25, 0.3) is 0 Å². The molecule has 1 nitrogen and oxygen atoms in total. The van der Waals surface area contributed by atoms with Crippen LogP contribution in [0, 0.1) is 5.92 Å². The van der Waals surface area contributed by atoms with Crippen molar-refractivity contribution >= 4 is 0 Å². The molecular weight excluding hydrogens is 194 g/mol. The first-order valence-corrected chi connectivity index (χ1v) is 6.91. The van der Waals surface area contributed by atoms with E-state index in [1.807, 2.05) is 41.7 Å². The monoisotopic (exact) mass is 231 g/mol. The summed E-state index contributed by atoms with van der Waals surface area (Å²) in [5, 5.41) is 2.83. The first kappa shape index (κ1) is 24.7. The maximum atomic E-state index is 3.56. The maximum absolute atomic E-state index is 3.56. The minimum absolute atomic E-state index is 0.949. The van der Waals surface area contributed by atoms with Crippen molar-refractivity contribution in [1.82, 2.24) is 5.32 Å². The first-order chi connectivity index (χ1) is 7.58. The molecule has 0 aromatic heterocycles. The van der Waals surface area contributed by atoms with Crippen LogP contribution in [0.2, 0.25) is 0 Å². The molecule has 0 saturated carbocycles. The van der Waals surface area contributed by atoms with E-state index in [9.17, 15) is 0 Å². The van der Waals surface area contributed by atoms with Crippen LogP contribution < -0.4 is 5.32 Å². The van der Waals surface area contributed by atoms with E-state index in [1.165, 1.54) is 19.3 Å². The standard InChI is InChI=1S/C7H16.C4H9N.2C2H6/c1-4-6-7(3)5-2;1-4(2)5-3;2*1-2/h7H,4-6H2,1-3H3;5H,1H2,2-3H3;2*1-2H3. The molecule has 16 heavy (non-hydrogen) atoms. The van der Waals surface area contributed by atoms with Gasteiger partial charge >= 0.3 is 0 Å². The van der Waals surface area contributed by atoms with E-state index in [1.54, 1.807) is 0 Å². The average Bonchev–Trinajstić information content (AvgIpc) is 2.35. The van der Waals surface area contributed by atoms with Gasteiger partial charge in [0.1, 0.15) is 0 Å². The van der Waals surface area contributed by atoms with Gasteiger partial charge < -0.3 is 5.32 Å². The molecule has 0 amide bonds. The number of allylic oxidation sites excluding steroid dienone is 1. The molecule has 0 aliphatic rings. The Morgan fingerprint density at radius 3 is 1.50 bits per heavy atom. The van der Waals surface area contributed by atoms with Crippen LogP contribution in [0.1, 0.15) is 74.7 Å². The van der Waals surface area contributed by atoms with E-state index in [4.69, 9.17) is 0 Å². The highest BCUT2D eigenvalue weighted by atomic mass is 14.8. The van der Waals surface area contributed by atoms with Crippen LogP contribution in [-0.4, -0.2) is 7.05 Å². The third kappa shape index (κ3) is 49.8. The van der Waals surface area contributed by atoms with Crippen LogP contribution >= 0.6 is 0 Å². The molecule has 102 valence electrons. The third-order valence-corrected chi connectivity index (χ3v) is 1.91. The highest BCUT2D eigenvalue weighted by Gasteiger charge is 1.92. The SMILES string of the molecule is C=C(C)NC.CC.CC.CCCC(C)CC. The van der Waals surface area contributed by atoms with Crippen molar-refractivity contribution < 1.29 is 0 Å². The Morgan fingerprint density at radius 2 is 1.44 bits per heavy atom. The molecule has 1 unspecified atom stereocenters. The number of hydrogen-bond donors (Lipinski definition) is 1. The summed E-state index contributed by atoms with van der Waals surface area (Å²) in [5.41, 5.74) is 1.00. The molecule has 0 aliphatic heterocycles. The molecule has 0 radical (unpaired) electrons. The second-order valence-corrected chi connectivity index (χ2v) is 3.33. The van der Waals surface area contributed by atoms with Crippen LogP contribution in [0.5, 0.6) is 0 Å². The smallest absolute Gasteiger partial charge is 0.00299 e. The lowest BCUT2D eigenvalue weighted by atomic mass is 10.0. The minimum atomic E-state index is 0.949. The summed E-state index contributed by atoms with van der Waals surface area (Å²) in [6, 6.07) is 0. The predicted molar refractivity (Wildman–Crippen MR) is 80.9 cm³/mol. The Balaban J connectivity index is -0.0000000704. The normalized spacial score (nSPS) is 9.06. The van der Waals surface area contributed by atoms with E-state index in [-0.39, 0.29) is 0 Å². The summed E-state index contributed by atoms with van der Waals surface area (Å²) in [6.45, 7) is 20.3. The summed E-state index contributed by atoms with van der Waals surface area (Å²) in [6.07, 6.45) is 4.08. The highest BCUT2D eigenvalue weighted by molar-refractivity contribution is 4.80. The van der Waals surface area contributed by atoms with Crippen molar-refractivity contribution in [2.24, 2.45) is 5.92 Å². The molecular formula is C15H37N. The molecule has 1 atom stereocenters. The molecule has 0 fully saturated rings. The lowest BCUT2D eigenvalue weighted by molar-refractivity contribution is 0.509. The predicted octanol–water partition coefficient (Wildman–Crippen LogP) is 5.62. The highest BCUT2D eigenvalue weighted by Crippen LogP contribution is 2.07. The lowest BCUT2D eigenvalue weighted by Gasteiger charge is -2.02. The summed E-state index contributed by atoms with van der Waals surface area (Å²) in [7, 11) is 1.85. The maximum Gasteiger partial charge on any atom is 0.00299 e. The van der Waals surface area contributed by atoms with Gasteiger partial charge in [0.05, 0.1) is 0 Å². The van der Waals surface area contributed by atoms with E-state index in [0.29, 0.717) is 0 Å². The minimum Gasteiger partial charge on any atom is -0.392 e. The van der Waals surface area contributed by atoms with Gasteiger partial charge in [-0.25, -0.2) is 0 Å². The molecule has 0 aromatic rings. The van der Waals surface area contributed by atoms with E-state index >= 15 is 0 Å². The first-order valence-electron chi connectivity index (χ1n) is 6.91. The number of rotatable bonds is 4. The molecule has 0 bridgehead atoms. The number of nitrogens with one attached hydrogen (secondary N) is 1. The van der Waals surface area contributed by atoms with Gasteiger partial charge in [-0.15, -0.1) is 0 Å². The Morgan fingerprint density at radius 1 is 1.12 bits per heavy atom. The summed E-state index contributed by atoms with van der Waals surface area (Å²) in [4.78, 5) is 0.